The maximum absolute atomic E-state index is 12.8. The number of hydrogen-bond donors (Lipinski definition) is 0. The highest BCUT2D eigenvalue weighted by Gasteiger charge is 2.30. The fraction of sp³-hybridized carbons (Fsp3) is 0.150. The minimum Gasteiger partial charge on any atom is -0.463 e. The van der Waals surface area contributed by atoms with Crippen LogP contribution in [-0.2, 0) is 15.7 Å². The second kappa shape index (κ2) is 7.48. The van der Waals surface area contributed by atoms with Gasteiger partial charge in [-0.3, -0.25) is 0 Å². The summed E-state index contributed by atoms with van der Waals surface area (Å²) in [5, 5.41) is 1.33. The Bertz CT molecular complexity index is 1000. The number of hydrogen-bond acceptors (Lipinski definition) is 2. The number of aromatic nitrogens is 1. The Labute approximate surface area is 158 Å². The minimum absolute atomic E-state index is 0.251. The molecular weight excluding hydrogens is 379 g/mol. The van der Waals surface area contributed by atoms with Gasteiger partial charge in [0.25, 0.3) is 0 Å². The second-order valence-corrected chi connectivity index (χ2v) is 6.17. The SMILES string of the molecule is CCOC(=O)/C=C/c1cc2cc(Cl)ccc2n1-c1ccc(C(F)(F)F)cc1. The van der Waals surface area contributed by atoms with Crippen molar-refractivity contribution < 1.29 is 22.7 Å². The predicted octanol–water partition coefficient (Wildman–Crippen LogP) is 5.88. The predicted molar refractivity (Wildman–Crippen MR) is 99.0 cm³/mol. The molecule has 0 amide bonds. The number of ether oxygens (including phenoxy) is 1. The summed E-state index contributed by atoms with van der Waals surface area (Å²) < 4.78 is 45.1. The van der Waals surface area contributed by atoms with E-state index in [2.05, 4.69) is 0 Å². The number of carbonyl (C=O) groups is 1. The molecule has 0 aliphatic rings. The monoisotopic (exact) mass is 393 g/mol. The zero-order valence-corrected chi connectivity index (χ0v) is 15.0. The second-order valence-electron chi connectivity index (χ2n) is 5.74. The van der Waals surface area contributed by atoms with Crippen molar-refractivity contribution in [2.24, 2.45) is 0 Å². The molecule has 3 rings (SSSR count). The van der Waals surface area contributed by atoms with Gasteiger partial charge in [-0.2, -0.15) is 13.2 Å². The molecule has 3 nitrogen and oxygen atoms in total. The van der Waals surface area contributed by atoms with Crippen LogP contribution in [-0.4, -0.2) is 17.1 Å². The highest BCUT2D eigenvalue weighted by Crippen LogP contribution is 2.32. The molecule has 140 valence electrons. The van der Waals surface area contributed by atoms with Gasteiger partial charge >= 0.3 is 12.1 Å². The lowest BCUT2D eigenvalue weighted by Crippen LogP contribution is -2.05. The van der Waals surface area contributed by atoms with E-state index >= 15 is 0 Å². The molecule has 0 bridgehead atoms. The summed E-state index contributed by atoms with van der Waals surface area (Å²) in [5.74, 6) is -0.500. The van der Waals surface area contributed by atoms with Gasteiger partial charge in [0.15, 0.2) is 0 Å². The van der Waals surface area contributed by atoms with E-state index in [1.54, 1.807) is 41.8 Å². The van der Waals surface area contributed by atoms with Gasteiger partial charge in [0, 0.05) is 27.9 Å². The summed E-state index contributed by atoms with van der Waals surface area (Å²) in [6.45, 7) is 1.95. The fourth-order valence-electron chi connectivity index (χ4n) is 2.76. The van der Waals surface area contributed by atoms with E-state index in [1.165, 1.54) is 18.2 Å². The van der Waals surface area contributed by atoms with Crippen LogP contribution in [0.3, 0.4) is 0 Å². The average molecular weight is 394 g/mol. The Morgan fingerprint density at radius 2 is 1.85 bits per heavy atom. The summed E-state index contributed by atoms with van der Waals surface area (Å²) in [6.07, 6.45) is -1.57. The van der Waals surface area contributed by atoms with Crippen LogP contribution in [0.1, 0.15) is 18.2 Å². The molecule has 0 aliphatic carbocycles. The number of alkyl halides is 3. The standard InChI is InChI=1S/C20H15ClF3NO2/c1-2-27-19(26)10-8-17-12-13-11-15(21)5-9-18(13)25(17)16-6-3-14(4-7-16)20(22,23)24/h3-12H,2H2,1H3/b10-8+. The number of rotatable bonds is 4. The molecule has 0 atom stereocenters. The van der Waals surface area contributed by atoms with Crippen molar-refractivity contribution >= 4 is 34.5 Å². The number of esters is 1. The Kier molecular flexibility index (Phi) is 5.28. The van der Waals surface area contributed by atoms with Gasteiger partial charge in [0.1, 0.15) is 0 Å². The van der Waals surface area contributed by atoms with Gasteiger partial charge in [-0.1, -0.05) is 11.6 Å². The molecule has 0 N–H and O–H groups in total. The van der Waals surface area contributed by atoms with Crippen LogP contribution in [0.5, 0.6) is 0 Å². The quantitative estimate of drug-likeness (QED) is 0.409. The average Bonchev–Trinajstić information content (AvgIpc) is 2.97. The molecule has 0 saturated carbocycles. The third kappa shape index (κ3) is 4.17. The maximum Gasteiger partial charge on any atom is 0.416 e. The Balaban J connectivity index is 2.12. The number of halogens is 4. The van der Waals surface area contributed by atoms with Crippen LogP contribution in [0, 0.1) is 0 Å². The van der Waals surface area contributed by atoms with Crippen LogP contribution < -0.4 is 0 Å². The van der Waals surface area contributed by atoms with E-state index in [4.69, 9.17) is 16.3 Å². The number of fused-ring (bicyclic) bond motifs is 1. The lowest BCUT2D eigenvalue weighted by atomic mass is 10.2. The molecule has 0 aliphatic heterocycles. The first-order valence-corrected chi connectivity index (χ1v) is 8.51. The summed E-state index contributed by atoms with van der Waals surface area (Å²) in [5.41, 5.74) is 1.17. The molecule has 0 fully saturated rings. The first kappa shape index (κ1) is 19.0. The zero-order chi connectivity index (χ0) is 19.6. The van der Waals surface area contributed by atoms with Crippen molar-refractivity contribution in [2.45, 2.75) is 13.1 Å². The summed E-state index contributed by atoms with van der Waals surface area (Å²) in [6, 6.07) is 11.8. The molecule has 0 unspecified atom stereocenters. The first-order chi connectivity index (χ1) is 12.8. The zero-order valence-electron chi connectivity index (χ0n) is 14.3. The molecule has 1 heterocycles. The van der Waals surface area contributed by atoms with E-state index in [0.29, 0.717) is 16.4 Å². The van der Waals surface area contributed by atoms with Gasteiger partial charge in [-0.05, 0) is 61.5 Å². The summed E-state index contributed by atoms with van der Waals surface area (Å²) in [4.78, 5) is 11.6. The number of benzene rings is 2. The molecule has 3 aromatic rings. The molecular formula is C20H15ClF3NO2. The molecule has 0 saturated heterocycles. The van der Waals surface area contributed by atoms with Crippen molar-refractivity contribution in [1.29, 1.82) is 0 Å². The van der Waals surface area contributed by atoms with Gasteiger partial charge in [0.2, 0.25) is 0 Å². The van der Waals surface area contributed by atoms with Crippen molar-refractivity contribution in [2.75, 3.05) is 6.61 Å². The topological polar surface area (TPSA) is 31.2 Å². The summed E-state index contributed by atoms with van der Waals surface area (Å²) in [7, 11) is 0. The van der Waals surface area contributed by atoms with Crippen LogP contribution in [0.15, 0.2) is 54.6 Å². The van der Waals surface area contributed by atoms with Gasteiger partial charge in [0.05, 0.1) is 17.7 Å². The van der Waals surface area contributed by atoms with Gasteiger partial charge < -0.3 is 9.30 Å². The highest BCUT2D eigenvalue weighted by molar-refractivity contribution is 6.31. The van der Waals surface area contributed by atoms with Crippen LogP contribution in [0.25, 0.3) is 22.7 Å². The van der Waals surface area contributed by atoms with Gasteiger partial charge in [-0.25, -0.2) is 4.79 Å². The van der Waals surface area contributed by atoms with E-state index in [1.807, 2.05) is 0 Å². The van der Waals surface area contributed by atoms with E-state index in [0.717, 1.165) is 23.0 Å². The van der Waals surface area contributed by atoms with Crippen molar-refractivity contribution in [1.82, 2.24) is 4.57 Å². The highest BCUT2D eigenvalue weighted by atomic mass is 35.5. The normalized spacial score (nSPS) is 12.0. The van der Waals surface area contributed by atoms with Gasteiger partial charge in [-0.15, -0.1) is 0 Å². The Morgan fingerprint density at radius 3 is 2.48 bits per heavy atom. The Hall–Kier alpha value is -2.73. The largest absolute Gasteiger partial charge is 0.463 e. The number of nitrogens with zero attached hydrogens (tertiary/aromatic N) is 1. The van der Waals surface area contributed by atoms with E-state index < -0.39 is 17.7 Å². The van der Waals surface area contributed by atoms with Crippen molar-refractivity contribution in [3.8, 4) is 5.69 Å². The molecule has 2 aromatic carbocycles. The molecule has 1 aromatic heterocycles. The fourth-order valence-corrected chi connectivity index (χ4v) is 2.94. The lowest BCUT2D eigenvalue weighted by molar-refractivity contribution is -0.138. The number of carbonyl (C=O) groups excluding carboxylic acids is 1. The third-order valence-corrected chi connectivity index (χ3v) is 4.16. The lowest BCUT2D eigenvalue weighted by Gasteiger charge is -2.11. The van der Waals surface area contributed by atoms with Crippen molar-refractivity contribution in [3.05, 3.63) is 70.9 Å². The molecule has 7 heteroatoms. The van der Waals surface area contributed by atoms with Crippen LogP contribution in [0.4, 0.5) is 13.2 Å². The molecule has 0 radical (unpaired) electrons. The Morgan fingerprint density at radius 1 is 1.15 bits per heavy atom. The molecule has 0 spiro atoms. The minimum atomic E-state index is -4.41. The van der Waals surface area contributed by atoms with Crippen LogP contribution >= 0.6 is 11.6 Å². The first-order valence-electron chi connectivity index (χ1n) is 8.13. The van der Waals surface area contributed by atoms with Crippen molar-refractivity contribution in [3.63, 3.8) is 0 Å². The van der Waals surface area contributed by atoms with E-state index in [9.17, 15) is 18.0 Å². The molecule has 27 heavy (non-hydrogen) atoms. The van der Waals surface area contributed by atoms with Crippen LogP contribution in [0.2, 0.25) is 5.02 Å². The third-order valence-electron chi connectivity index (χ3n) is 3.92. The smallest absolute Gasteiger partial charge is 0.416 e. The van der Waals surface area contributed by atoms with E-state index in [-0.39, 0.29) is 6.61 Å². The summed E-state index contributed by atoms with van der Waals surface area (Å²) >= 11 is 6.04. The maximum atomic E-state index is 12.8.